The quantitative estimate of drug-likeness (QED) is 0.291. The minimum Gasteiger partial charge on any atom is -0.355 e. The van der Waals surface area contributed by atoms with Crippen LogP contribution in [0, 0.1) is 5.92 Å². The van der Waals surface area contributed by atoms with Gasteiger partial charge in [0, 0.05) is 31.6 Å². The summed E-state index contributed by atoms with van der Waals surface area (Å²) in [4.78, 5) is 13.4. The molecule has 1 fully saturated rings. The predicted molar refractivity (Wildman–Crippen MR) is 155 cm³/mol. The van der Waals surface area contributed by atoms with Gasteiger partial charge in [0.05, 0.1) is 10.8 Å². The molecule has 0 unspecified atom stereocenters. The van der Waals surface area contributed by atoms with Gasteiger partial charge in [-0.1, -0.05) is 103 Å². The van der Waals surface area contributed by atoms with Crippen LogP contribution in [0.1, 0.15) is 23.5 Å². The summed E-state index contributed by atoms with van der Waals surface area (Å²) in [5, 5.41) is 6.36. The first-order chi connectivity index (χ1) is 19.0. The molecule has 7 heteroatoms. The highest BCUT2D eigenvalue weighted by Crippen LogP contribution is 2.25. The molecule has 1 aliphatic rings. The zero-order chi connectivity index (χ0) is 27.1. The van der Waals surface area contributed by atoms with Gasteiger partial charge < -0.3 is 10.6 Å². The lowest BCUT2D eigenvalue weighted by Gasteiger charge is -2.30. The van der Waals surface area contributed by atoms with E-state index in [4.69, 9.17) is 0 Å². The summed E-state index contributed by atoms with van der Waals surface area (Å²) < 4.78 is 29.0. The van der Waals surface area contributed by atoms with E-state index in [1.165, 1.54) is 0 Å². The van der Waals surface area contributed by atoms with Crippen LogP contribution in [0.25, 0.3) is 11.1 Å². The van der Waals surface area contributed by atoms with Crippen molar-refractivity contribution in [1.82, 2.24) is 15.4 Å². The molecule has 0 bridgehead atoms. The van der Waals surface area contributed by atoms with Crippen molar-refractivity contribution in [2.45, 2.75) is 23.3 Å². The first-order valence-corrected chi connectivity index (χ1v) is 14.7. The smallest absolute Gasteiger partial charge is 0.240 e. The minimum atomic E-state index is -3.73. The van der Waals surface area contributed by atoms with Crippen molar-refractivity contribution in [3.63, 3.8) is 0 Å². The number of piperidine rings is 1. The Hall–Kier alpha value is -3.78. The fourth-order valence-electron chi connectivity index (χ4n) is 5.12. The van der Waals surface area contributed by atoms with Crippen molar-refractivity contribution in [2.24, 2.45) is 5.92 Å². The van der Waals surface area contributed by atoms with Gasteiger partial charge in [-0.15, -0.1) is 0 Å². The maximum absolute atomic E-state index is 13.2. The third kappa shape index (κ3) is 6.81. The summed E-state index contributed by atoms with van der Waals surface area (Å²) in [6.45, 7) is 1.45. The molecule has 1 amide bonds. The molecule has 0 spiro atoms. The highest BCUT2D eigenvalue weighted by atomic mass is 32.2. The van der Waals surface area contributed by atoms with E-state index >= 15 is 0 Å². The average molecular weight is 540 g/mol. The predicted octanol–water partition coefficient (Wildman–Crippen LogP) is 4.56. The van der Waals surface area contributed by atoms with Gasteiger partial charge in [-0.25, -0.2) is 13.1 Å². The third-order valence-corrected chi connectivity index (χ3v) is 8.74. The van der Waals surface area contributed by atoms with Crippen molar-refractivity contribution in [3.05, 3.63) is 126 Å². The van der Waals surface area contributed by atoms with Crippen molar-refractivity contribution in [3.8, 4) is 11.1 Å². The van der Waals surface area contributed by atoms with Crippen LogP contribution >= 0.6 is 0 Å². The third-order valence-electron chi connectivity index (χ3n) is 7.20. The van der Waals surface area contributed by atoms with E-state index in [0.29, 0.717) is 26.1 Å². The van der Waals surface area contributed by atoms with E-state index in [0.717, 1.165) is 22.3 Å². The van der Waals surface area contributed by atoms with E-state index in [-0.39, 0.29) is 28.7 Å². The number of carbonyl (C=O) groups is 1. The molecular weight excluding hydrogens is 506 g/mol. The summed E-state index contributed by atoms with van der Waals surface area (Å²) in [5.74, 6) is -0.379. The Morgan fingerprint density at radius 1 is 0.744 bits per heavy atom. The molecule has 0 aliphatic carbocycles. The van der Waals surface area contributed by atoms with Crippen molar-refractivity contribution in [2.75, 3.05) is 19.6 Å². The molecule has 0 radical (unpaired) electrons. The molecule has 1 saturated heterocycles. The first kappa shape index (κ1) is 26.8. The number of benzene rings is 4. The highest BCUT2D eigenvalue weighted by Gasteiger charge is 2.30. The molecule has 1 heterocycles. The topological polar surface area (TPSA) is 87.3 Å². The van der Waals surface area contributed by atoms with Gasteiger partial charge in [-0.05, 0) is 40.8 Å². The van der Waals surface area contributed by atoms with Crippen molar-refractivity contribution in [1.29, 1.82) is 0 Å². The summed E-state index contributed by atoms with van der Waals surface area (Å²) in [6, 6.07) is 36.6. The molecule has 200 valence electrons. The number of rotatable bonds is 9. The SMILES string of the molecule is O=C(NCC(c1ccccc1)c1ccccc1)[C@@H]1CNC[C@H](NS(=O)(=O)c2ccc(-c3ccccc3)cc2)C1. The summed E-state index contributed by atoms with van der Waals surface area (Å²) in [5.41, 5.74) is 4.25. The Morgan fingerprint density at radius 2 is 1.28 bits per heavy atom. The Labute approximate surface area is 230 Å². The van der Waals surface area contributed by atoms with Gasteiger partial charge in [0.15, 0.2) is 0 Å². The Kier molecular flexibility index (Phi) is 8.51. The minimum absolute atomic E-state index is 0.0288. The average Bonchev–Trinajstić information content (AvgIpc) is 2.99. The van der Waals surface area contributed by atoms with Gasteiger partial charge in [0.2, 0.25) is 15.9 Å². The van der Waals surface area contributed by atoms with E-state index < -0.39 is 10.0 Å². The fraction of sp³-hybridized carbons (Fsp3) is 0.219. The molecule has 2 atom stereocenters. The number of hydrogen-bond acceptors (Lipinski definition) is 4. The highest BCUT2D eigenvalue weighted by molar-refractivity contribution is 7.89. The number of nitrogens with one attached hydrogen (secondary N) is 3. The van der Waals surface area contributed by atoms with Crippen LogP contribution in [0.4, 0.5) is 0 Å². The van der Waals surface area contributed by atoms with Crippen LogP contribution in [0.2, 0.25) is 0 Å². The summed E-state index contributed by atoms with van der Waals surface area (Å²) >= 11 is 0. The Bertz CT molecular complexity index is 1420. The molecule has 0 aromatic heterocycles. The second-order valence-electron chi connectivity index (χ2n) is 9.92. The largest absolute Gasteiger partial charge is 0.355 e. The zero-order valence-corrected chi connectivity index (χ0v) is 22.5. The molecule has 6 nitrogen and oxygen atoms in total. The molecule has 3 N–H and O–H groups in total. The van der Waals surface area contributed by atoms with Gasteiger partial charge in [0.25, 0.3) is 0 Å². The number of carbonyl (C=O) groups excluding carboxylic acids is 1. The van der Waals surface area contributed by atoms with Gasteiger partial charge >= 0.3 is 0 Å². The molecule has 5 rings (SSSR count). The van der Waals surface area contributed by atoms with Crippen LogP contribution in [0.15, 0.2) is 120 Å². The first-order valence-electron chi connectivity index (χ1n) is 13.3. The van der Waals surface area contributed by atoms with Gasteiger partial charge in [-0.3, -0.25) is 4.79 Å². The molecule has 39 heavy (non-hydrogen) atoms. The summed E-state index contributed by atoms with van der Waals surface area (Å²) in [7, 11) is -3.73. The molecule has 4 aromatic carbocycles. The second kappa shape index (κ2) is 12.4. The van der Waals surface area contributed by atoms with Crippen LogP contribution in [-0.2, 0) is 14.8 Å². The van der Waals surface area contributed by atoms with E-state index in [9.17, 15) is 13.2 Å². The van der Waals surface area contributed by atoms with E-state index in [2.05, 4.69) is 39.6 Å². The zero-order valence-electron chi connectivity index (χ0n) is 21.7. The number of hydrogen-bond donors (Lipinski definition) is 3. The van der Waals surface area contributed by atoms with Crippen molar-refractivity contribution < 1.29 is 13.2 Å². The molecule has 0 saturated carbocycles. The van der Waals surface area contributed by atoms with Crippen molar-refractivity contribution >= 4 is 15.9 Å². The van der Waals surface area contributed by atoms with Gasteiger partial charge in [-0.2, -0.15) is 0 Å². The molecular formula is C32H33N3O3S. The Balaban J connectivity index is 1.21. The van der Waals surface area contributed by atoms with Crippen LogP contribution in [0.5, 0.6) is 0 Å². The lowest BCUT2D eigenvalue weighted by Crippen LogP contribution is -2.52. The monoisotopic (exact) mass is 539 g/mol. The lowest BCUT2D eigenvalue weighted by atomic mass is 9.90. The number of amides is 1. The Morgan fingerprint density at radius 3 is 1.87 bits per heavy atom. The standard InChI is InChI=1S/C32H33N3O3S/c36-32(34-23-31(26-12-6-2-7-13-26)27-14-8-3-9-15-27)28-20-29(22-33-21-28)35-39(37,38)30-18-16-25(17-19-30)24-10-4-1-5-11-24/h1-19,28-29,31,33,35H,20-23H2,(H,34,36)/t28-,29+/m0/s1. The van der Waals surface area contributed by atoms with E-state index in [1.807, 2.05) is 78.9 Å². The van der Waals surface area contributed by atoms with Crippen LogP contribution in [0.3, 0.4) is 0 Å². The van der Waals surface area contributed by atoms with Crippen LogP contribution < -0.4 is 15.4 Å². The van der Waals surface area contributed by atoms with E-state index in [1.54, 1.807) is 12.1 Å². The maximum atomic E-state index is 13.2. The maximum Gasteiger partial charge on any atom is 0.240 e. The molecule has 1 aliphatic heterocycles. The van der Waals surface area contributed by atoms with Crippen LogP contribution in [-0.4, -0.2) is 40.0 Å². The van der Waals surface area contributed by atoms with Gasteiger partial charge in [0.1, 0.15) is 0 Å². The second-order valence-corrected chi connectivity index (χ2v) is 11.6. The molecule has 4 aromatic rings. The lowest BCUT2D eigenvalue weighted by molar-refractivity contribution is -0.125. The fourth-order valence-corrected chi connectivity index (χ4v) is 6.37. The normalized spacial score (nSPS) is 17.6. The number of sulfonamides is 1. The summed E-state index contributed by atoms with van der Waals surface area (Å²) in [6.07, 6.45) is 0.432.